The molecule has 0 saturated carbocycles. The van der Waals surface area contributed by atoms with Crippen molar-refractivity contribution < 1.29 is 9.21 Å². The molecule has 0 aliphatic carbocycles. The average Bonchev–Trinajstić information content (AvgIpc) is 3.05. The van der Waals surface area contributed by atoms with Gasteiger partial charge in [0.1, 0.15) is 17.4 Å². The summed E-state index contributed by atoms with van der Waals surface area (Å²) in [4.78, 5) is 13.5. The van der Waals surface area contributed by atoms with E-state index in [0.717, 1.165) is 0 Å². The van der Waals surface area contributed by atoms with Crippen molar-refractivity contribution in [2.24, 2.45) is 7.05 Å². The summed E-state index contributed by atoms with van der Waals surface area (Å²) in [6.45, 7) is 0. The van der Waals surface area contributed by atoms with E-state index in [9.17, 15) is 4.79 Å². The molecule has 0 aromatic carbocycles. The molecule has 1 amide bonds. The van der Waals surface area contributed by atoms with Gasteiger partial charge in [0.25, 0.3) is 5.91 Å². The molecule has 0 spiro atoms. The second kappa shape index (κ2) is 5.23. The summed E-state index contributed by atoms with van der Waals surface area (Å²) >= 11 is 0. The minimum atomic E-state index is -0.410. The highest BCUT2D eigenvalue weighted by Gasteiger charge is 2.17. The summed E-state index contributed by atoms with van der Waals surface area (Å²) in [6.07, 6.45) is 6.14. The van der Waals surface area contributed by atoms with Crippen molar-refractivity contribution in [1.29, 1.82) is 5.26 Å². The predicted molar refractivity (Wildman–Crippen MR) is 68.9 cm³/mol. The van der Waals surface area contributed by atoms with Crippen molar-refractivity contribution in [1.82, 2.24) is 9.78 Å². The lowest BCUT2D eigenvalue weighted by Crippen LogP contribution is -2.26. The van der Waals surface area contributed by atoms with Crippen molar-refractivity contribution in [2.75, 3.05) is 11.9 Å². The molecule has 2 aromatic heterocycles. The molecule has 0 unspecified atom stereocenters. The SMILES string of the molecule is CN(C(=O)C(C#N)=Cc1ccco1)c1cnn(C)c1. The van der Waals surface area contributed by atoms with Gasteiger partial charge in [-0.05, 0) is 12.1 Å². The Bertz CT molecular complexity index is 646. The first kappa shape index (κ1) is 12.6. The molecular weight excluding hydrogens is 244 g/mol. The van der Waals surface area contributed by atoms with Gasteiger partial charge in [-0.25, -0.2) is 0 Å². The zero-order valence-electron chi connectivity index (χ0n) is 10.6. The van der Waals surface area contributed by atoms with Crippen molar-refractivity contribution >= 4 is 17.7 Å². The van der Waals surface area contributed by atoms with Crippen molar-refractivity contribution in [3.63, 3.8) is 0 Å². The number of hydrogen-bond donors (Lipinski definition) is 0. The highest BCUT2D eigenvalue weighted by Crippen LogP contribution is 2.15. The third-order valence-electron chi connectivity index (χ3n) is 2.56. The number of likely N-dealkylation sites (N-methyl/N-ethyl adjacent to an activating group) is 1. The Labute approximate surface area is 110 Å². The summed E-state index contributed by atoms with van der Waals surface area (Å²) < 4.78 is 6.68. The molecule has 6 heteroatoms. The van der Waals surface area contributed by atoms with Crippen LogP contribution >= 0.6 is 0 Å². The highest BCUT2D eigenvalue weighted by atomic mass is 16.3. The zero-order chi connectivity index (χ0) is 13.8. The fourth-order valence-corrected chi connectivity index (χ4v) is 1.54. The molecule has 0 fully saturated rings. The van der Waals surface area contributed by atoms with Gasteiger partial charge in [-0.3, -0.25) is 9.48 Å². The number of amides is 1. The van der Waals surface area contributed by atoms with Crippen molar-refractivity contribution in [3.8, 4) is 6.07 Å². The van der Waals surface area contributed by atoms with Crippen LogP contribution < -0.4 is 4.90 Å². The molecule has 2 aromatic rings. The molecule has 0 aliphatic rings. The number of aryl methyl sites for hydroxylation is 1. The largest absolute Gasteiger partial charge is 0.465 e. The van der Waals surface area contributed by atoms with Crippen LogP contribution in [0, 0.1) is 11.3 Å². The molecule has 0 radical (unpaired) electrons. The van der Waals surface area contributed by atoms with Gasteiger partial charge in [-0.1, -0.05) is 0 Å². The number of furan rings is 1. The van der Waals surface area contributed by atoms with E-state index in [-0.39, 0.29) is 5.57 Å². The monoisotopic (exact) mass is 256 g/mol. The van der Waals surface area contributed by atoms with Crippen LogP contribution in [0.4, 0.5) is 5.69 Å². The summed E-state index contributed by atoms with van der Waals surface area (Å²) in [6, 6.07) is 5.25. The van der Waals surface area contributed by atoms with Crippen LogP contribution in [0.25, 0.3) is 6.08 Å². The number of rotatable bonds is 3. The summed E-state index contributed by atoms with van der Waals surface area (Å²) in [5.41, 5.74) is 0.620. The Morgan fingerprint density at radius 3 is 2.95 bits per heavy atom. The first-order chi connectivity index (χ1) is 9.11. The smallest absolute Gasteiger partial charge is 0.268 e. The molecule has 0 aliphatic heterocycles. The molecule has 2 rings (SSSR count). The molecule has 96 valence electrons. The Kier molecular flexibility index (Phi) is 3.48. The van der Waals surface area contributed by atoms with E-state index in [0.29, 0.717) is 11.4 Å². The Balaban J connectivity index is 2.25. The lowest BCUT2D eigenvalue weighted by atomic mass is 10.2. The number of nitriles is 1. The summed E-state index contributed by atoms with van der Waals surface area (Å²) in [5, 5.41) is 13.1. The van der Waals surface area contributed by atoms with Gasteiger partial charge >= 0.3 is 0 Å². The standard InChI is InChI=1S/C13H12N4O2/c1-16-9-11(8-15-16)17(2)13(18)10(7-14)6-12-4-3-5-19-12/h3-6,8-9H,1-2H3. The van der Waals surface area contributed by atoms with Gasteiger partial charge in [0, 0.05) is 26.4 Å². The quantitative estimate of drug-likeness (QED) is 0.617. The van der Waals surface area contributed by atoms with Crippen LogP contribution in [0.3, 0.4) is 0 Å². The minimum Gasteiger partial charge on any atom is -0.465 e. The van der Waals surface area contributed by atoms with E-state index in [4.69, 9.17) is 9.68 Å². The number of aromatic nitrogens is 2. The fraction of sp³-hybridized carbons (Fsp3) is 0.154. The van der Waals surface area contributed by atoms with Gasteiger partial charge in [-0.2, -0.15) is 10.4 Å². The first-order valence-electron chi connectivity index (χ1n) is 5.54. The fourth-order valence-electron chi connectivity index (χ4n) is 1.54. The number of nitrogens with zero attached hydrogens (tertiary/aromatic N) is 4. The molecule has 2 heterocycles. The number of carbonyl (C=O) groups is 1. The molecule has 0 atom stereocenters. The van der Waals surface area contributed by atoms with E-state index in [1.54, 1.807) is 43.3 Å². The Morgan fingerprint density at radius 2 is 2.42 bits per heavy atom. The average molecular weight is 256 g/mol. The van der Waals surface area contributed by atoms with Crippen molar-refractivity contribution in [3.05, 3.63) is 42.1 Å². The molecule has 0 N–H and O–H groups in total. The van der Waals surface area contributed by atoms with Crippen LogP contribution in [0.5, 0.6) is 0 Å². The van der Waals surface area contributed by atoms with Gasteiger partial charge in [0.05, 0.1) is 18.1 Å². The van der Waals surface area contributed by atoms with Crippen LogP contribution in [0.15, 0.2) is 40.8 Å². The lowest BCUT2D eigenvalue weighted by Gasteiger charge is -2.13. The summed E-state index contributed by atoms with van der Waals surface area (Å²) in [5.74, 6) is 0.0522. The van der Waals surface area contributed by atoms with Crippen molar-refractivity contribution in [2.45, 2.75) is 0 Å². The third-order valence-corrected chi connectivity index (χ3v) is 2.56. The predicted octanol–water partition coefficient (Wildman–Crippen LogP) is 1.58. The van der Waals surface area contributed by atoms with Gasteiger partial charge < -0.3 is 9.32 Å². The number of carbonyl (C=O) groups excluding carboxylic acids is 1. The molecule has 19 heavy (non-hydrogen) atoms. The van der Waals surface area contributed by atoms with E-state index >= 15 is 0 Å². The van der Waals surface area contributed by atoms with Gasteiger partial charge in [-0.15, -0.1) is 0 Å². The van der Waals surface area contributed by atoms with Crippen LogP contribution in [0.2, 0.25) is 0 Å². The molecule has 6 nitrogen and oxygen atoms in total. The zero-order valence-corrected chi connectivity index (χ0v) is 10.6. The van der Waals surface area contributed by atoms with Crippen LogP contribution in [-0.4, -0.2) is 22.7 Å². The minimum absolute atomic E-state index is 0.00121. The topological polar surface area (TPSA) is 75.1 Å². The highest BCUT2D eigenvalue weighted by molar-refractivity contribution is 6.10. The Morgan fingerprint density at radius 1 is 1.63 bits per heavy atom. The Hall–Kier alpha value is -2.81. The van der Waals surface area contributed by atoms with Gasteiger partial charge in [0.15, 0.2) is 0 Å². The molecular formula is C13H12N4O2. The van der Waals surface area contributed by atoms with E-state index in [1.807, 2.05) is 6.07 Å². The lowest BCUT2D eigenvalue weighted by molar-refractivity contribution is -0.114. The normalized spacial score (nSPS) is 11.1. The van der Waals surface area contributed by atoms with E-state index in [2.05, 4.69) is 5.10 Å². The first-order valence-corrected chi connectivity index (χ1v) is 5.54. The van der Waals surface area contributed by atoms with Crippen LogP contribution in [-0.2, 0) is 11.8 Å². The van der Waals surface area contributed by atoms with Crippen LogP contribution in [0.1, 0.15) is 5.76 Å². The van der Waals surface area contributed by atoms with E-state index in [1.165, 1.54) is 17.2 Å². The third kappa shape index (κ3) is 2.72. The molecule has 0 saturated heterocycles. The number of hydrogen-bond acceptors (Lipinski definition) is 4. The van der Waals surface area contributed by atoms with Gasteiger partial charge in [0.2, 0.25) is 0 Å². The molecule has 0 bridgehead atoms. The maximum absolute atomic E-state index is 12.2. The maximum atomic E-state index is 12.2. The second-order valence-electron chi connectivity index (χ2n) is 3.92. The second-order valence-corrected chi connectivity index (χ2v) is 3.92. The van der Waals surface area contributed by atoms with E-state index < -0.39 is 5.91 Å². The maximum Gasteiger partial charge on any atom is 0.268 e. The summed E-state index contributed by atoms with van der Waals surface area (Å²) in [7, 11) is 3.35. The number of anilines is 1.